The predicted octanol–water partition coefficient (Wildman–Crippen LogP) is 13.1. The summed E-state index contributed by atoms with van der Waals surface area (Å²) in [7, 11) is 0. The Balaban J connectivity index is 0.00000480. The third-order valence-corrected chi connectivity index (χ3v) is 10.3. The second-order valence-electron chi connectivity index (χ2n) is 13.7. The summed E-state index contributed by atoms with van der Waals surface area (Å²) in [5.41, 5.74) is 13.8. The van der Waals surface area contributed by atoms with Gasteiger partial charge in [0.15, 0.2) is 0 Å². The van der Waals surface area contributed by atoms with Gasteiger partial charge in [0.05, 0.1) is 5.70 Å². The summed E-state index contributed by atoms with van der Waals surface area (Å²) in [5.74, 6) is 0. The van der Waals surface area contributed by atoms with E-state index in [-0.39, 0.29) is 31.1 Å². The van der Waals surface area contributed by atoms with E-state index in [9.17, 15) is 0 Å². The largest absolute Gasteiger partial charge is 2.00 e. The molecule has 0 aliphatic carbocycles. The predicted molar refractivity (Wildman–Crippen MR) is 230 cm³/mol. The van der Waals surface area contributed by atoms with Gasteiger partial charge in [-0.2, -0.15) is 60.7 Å². The van der Waals surface area contributed by atoms with Gasteiger partial charge in [0.2, 0.25) is 0 Å². The zero-order valence-electron chi connectivity index (χ0n) is 31.4. The Morgan fingerprint density at radius 2 is 1.05 bits per heavy atom. The van der Waals surface area contributed by atoms with E-state index in [0.717, 1.165) is 62.3 Å². The molecule has 0 aromatic heterocycles. The maximum absolute atomic E-state index is 5.35. The van der Waals surface area contributed by atoms with Gasteiger partial charge < -0.3 is 0 Å². The van der Waals surface area contributed by atoms with Gasteiger partial charge in [-0.3, -0.25) is 4.99 Å². The number of allylic oxidation sites excluding steroid dienone is 1. The molecular weight excluding hydrogens is 901 g/mol. The fourth-order valence-electron chi connectivity index (χ4n) is 7.71. The molecule has 266 valence electrons. The van der Waals surface area contributed by atoms with Crippen LogP contribution in [0.5, 0.6) is 0 Å². The van der Waals surface area contributed by atoms with Crippen molar-refractivity contribution in [2.45, 2.75) is 18.8 Å². The van der Waals surface area contributed by atoms with Crippen LogP contribution >= 0.6 is 0 Å². The van der Waals surface area contributed by atoms with Crippen molar-refractivity contribution in [3.05, 3.63) is 269 Å². The Morgan fingerprint density at radius 3 is 1.71 bits per heavy atom. The van der Waals surface area contributed by atoms with E-state index in [1.165, 1.54) is 16.7 Å². The summed E-state index contributed by atoms with van der Waals surface area (Å²) in [6, 6.07) is 82.2. The SMILES string of the molecule is CC(=N/C(=C\Cc1ccccc1-c1ccccc1)c1cccc(-c2ccccc2C(c2[c-]cccc2)(c2[c-]cccc2)c2ccccc2)c1)c1ccccc1.[U+2]. The molecule has 8 aromatic carbocycles. The van der Waals surface area contributed by atoms with E-state index >= 15 is 0 Å². The minimum absolute atomic E-state index is 0. The van der Waals surface area contributed by atoms with Crippen LogP contribution in [0.2, 0.25) is 0 Å². The molecule has 0 unspecified atom stereocenters. The van der Waals surface area contributed by atoms with Crippen LogP contribution in [0.15, 0.2) is 223 Å². The van der Waals surface area contributed by atoms with Crippen LogP contribution in [-0.4, -0.2) is 5.71 Å². The zero-order chi connectivity index (χ0) is 37.3. The Labute approximate surface area is 355 Å². The molecule has 2 heteroatoms. The van der Waals surface area contributed by atoms with Gasteiger partial charge in [-0.25, -0.2) is 0 Å². The van der Waals surface area contributed by atoms with Crippen molar-refractivity contribution in [3.63, 3.8) is 0 Å². The van der Waals surface area contributed by atoms with E-state index in [1.807, 2.05) is 30.3 Å². The van der Waals surface area contributed by atoms with Gasteiger partial charge in [0.25, 0.3) is 0 Å². The van der Waals surface area contributed by atoms with Crippen molar-refractivity contribution in [1.82, 2.24) is 0 Å². The van der Waals surface area contributed by atoms with Crippen molar-refractivity contribution in [2.75, 3.05) is 0 Å². The Bertz CT molecular complexity index is 2450. The molecule has 0 radical (unpaired) electrons. The summed E-state index contributed by atoms with van der Waals surface area (Å²) in [6.07, 6.45) is 3.02. The molecular formula is C54H41NU. The summed E-state index contributed by atoms with van der Waals surface area (Å²) < 4.78 is 0. The normalized spacial score (nSPS) is 11.8. The summed E-state index contributed by atoms with van der Waals surface area (Å²) in [4.78, 5) is 5.35. The molecule has 0 bridgehead atoms. The van der Waals surface area contributed by atoms with Gasteiger partial charge in [-0.05, 0) is 63.9 Å². The first-order chi connectivity index (χ1) is 27.2. The van der Waals surface area contributed by atoms with E-state index in [0.29, 0.717) is 0 Å². The molecule has 0 N–H and O–H groups in total. The van der Waals surface area contributed by atoms with Crippen LogP contribution in [0.3, 0.4) is 0 Å². The molecule has 0 amide bonds. The third-order valence-electron chi connectivity index (χ3n) is 10.3. The minimum Gasteiger partial charge on any atom is -0.253 e. The molecule has 1 nitrogen and oxygen atoms in total. The first kappa shape index (κ1) is 38.5. The maximum atomic E-state index is 5.35. The monoisotopic (exact) mass is 941 g/mol. The third kappa shape index (κ3) is 8.10. The van der Waals surface area contributed by atoms with Gasteiger partial charge in [-0.15, -0.1) is 11.1 Å². The van der Waals surface area contributed by atoms with E-state index in [4.69, 9.17) is 4.99 Å². The summed E-state index contributed by atoms with van der Waals surface area (Å²) in [6.45, 7) is 2.10. The van der Waals surface area contributed by atoms with Gasteiger partial charge in [0.1, 0.15) is 0 Å². The first-order valence-electron chi connectivity index (χ1n) is 18.9. The Kier molecular flexibility index (Phi) is 12.5. The maximum Gasteiger partial charge on any atom is 2.00 e. The molecule has 0 fully saturated rings. The summed E-state index contributed by atoms with van der Waals surface area (Å²) >= 11 is 0. The fourth-order valence-corrected chi connectivity index (χ4v) is 7.71. The molecule has 0 aliphatic rings. The van der Waals surface area contributed by atoms with Gasteiger partial charge in [-0.1, -0.05) is 164 Å². The van der Waals surface area contributed by atoms with Crippen molar-refractivity contribution < 1.29 is 31.1 Å². The zero-order valence-corrected chi connectivity index (χ0v) is 35.6. The number of hydrogen-bond acceptors (Lipinski definition) is 1. The van der Waals surface area contributed by atoms with E-state index in [2.05, 4.69) is 207 Å². The molecule has 8 rings (SSSR count). The Morgan fingerprint density at radius 1 is 0.518 bits per heavy atom. The molecule has 0 saturated heterocycles. The van der Waals surface area contributed by atoms with Crippen molar-refractivity contribution in [2.24, 2.45) is 4.99 Å². The number of benzene rings is 8. The smallest absolute Gasteiger partial charge is 0.253 e. The van der Waals surface area contributed by atoms with Crippen LogP contribution in [0.1, 0.15) is 45.9 Å². The molecule has 0 spiro atoms. The quantitative estimate of drug-likeness (QED) is 0.0696. The van der Waals surface area contributed by atoms with E-state index < -0.39 is 5.41 Å². The number of hydrogen-bond donors (Lipinski definition) is 0. The van der Waals surface area contributed by atoms with Crippen LogP contribution in [0.25, 0.3) is 28.0 Å². The van der Waals surface area contributed by atoms with Crippen molar-refractivity contribution in [3.8, 4) is 22.3 Å². The summed E-state index contributed by atoms with van der Waals surface area (Å²) in [5, 5.41) is 0. The van der Waals surface area contributed by atoms with Crippen LogP contribution < -0.4 is 0 Å². The molecule has 0 heterocycles. The average Bonchev–Trinajstić information content (AvgIpc) is 3.27. The Hall–Kier alpha value is -5.78. The molecule has 0 saturated carbocycles. The molecule has 0 atom stereocenters. The standard InChI is InChI=1S/C54H41N.U/c1-41(42-22-7-2-8-23-42)55-53(39-38-44-26-17-18-35-50(44)43-24-9-3-10-25-43)46-28-21-27-45(40-46)51-36-19-20-37-52(51)54(47-29-11-4-12-30-47,48-31-13-5-14-32-48)49-33-15-6-16-34-49;/h2-31,33,35-37,39-40H,38H2,1H3;/q-2;+2/b53-39-,55-41?;. The van der Waals surface area contributed by atoms with Crippen molar-refractivity contribution in [1.29, 1.82) is 0 Å². The fraction of sp³-hybridized carbons (Fsp3) is 0.0556. The molecule has 8 aromatic rings. The number of aliphatic imine (C=N–C) groups is 1. The van der Waals surface area contributed by atoms with Crippen molar-refractivity contribution >= 4 is 11.4 Å². The first-order valence-corrected chi connectivity index (χ1v) is 18.9. The second-order valence-corrected chi connectivity index (χ2v) is 13.7. The molecule has 0 aliphatic heterocycles. The number of rotatable bonds is 11. The van der Waals surface area contributed by atoms with Gasteiger partial charge >= 0.3 is 31.1 Å². The van der Waals surface area contributed by atoms with Crippen LogP contribution in [0.4, 0.5) is 0 Å². The van der Waals surface area contributed by atoms with Crippen LogP contribution in [0, 0.1) is 43.2 Å². The van der Waals surface area contributed by atoms with E-state index in [1.54, 1.807) is 0 Å². The van der Waals surface area contributed by atoms with Gasteiger partial charge in [0, 0.05) is 16.7 Å². The minimum atomic E-state index is -0.682. The average molecular weight is 942 g/mol. The second kappa shape index (κ2) is 18.2. The number of nitrogens with zero attached hydrogens (tertiary/aromatic N) is 1. The topological polar surface area (TPSA) is 12.4 Å². The molecule has 56 heavy (non-hydrogen) atoms. The van der Waals surface area contributed by atoms with Crippen LogP contribution in [-0.2, 0) is 11.8 Å².